The molecule has 0 aromatic heterocycles. The molecule has 0 spiro atoms. The van der Waals surface area contributed by atoms with Crippen molar-refractivity contribution in [3.8, 4) is 5.75 Å². The molecule has 0 aliphatic carbocycles. The number of carbonyl (C=O) groups excluding carboxylic acids is 1. The van der Waals surface area contributed by atoms with Crippen molar-refractivity contribution in [1.29, 1.82) is 0 Å². The molecule has 7 heteroatoms. The maximum Gasteiger partial charge on any atom is 0.319 e. The zero-order chi connectivity index (χ0) is 16.8. The summed E-state index contributed by atoms with van der Waals surface area (Å²) in [5, 5.41) is 15.2. The van der Waals surface area contributed by atoms with Crippen molar-refractivity contribution in [3.63, 3.8) is 0 Å². The maximum atomic E-state index is 13.1. The van der Waals surface area contributed by atoms with Crippen molar-refractivity contribution in [3.05, 3.63) is 58.9 Å². The molecule has 2 amide bonds. The first-order valence-electron chi connectivity index (χ1n) is 6.81. The summed E-state index contributed by atoms with van der Waals surface area (Å²) in [6, 6.07) is 9.89. The second-order valence-corrected chi connectivity index (χ2v) is 5.16. The molecule has 0 saturated carbocycles. The zero-order valence-corrected chi connectivity index (χ0v) is 13.1. The van der Waals surface area contributed by atoms with E-state index in [1.54, 1.807) is 31.4 Å². The van der Waals surface area contributed by atoms with Gasteiger partial charge in [-0.15, -0.1) is 0 Å². The van der Waals surface area contributed by atoms with Crippen LogP contribution in [0.2, 0.25) is 5.02 Å². The zero-order valence-electron chi connectivity index (χ0n) is 12.3. The quantitative estimate of drug-likeness (QED) is 0.783. The topological polar surface area (TPSA) is 70.6 Å². The van der Waals surface area contributed by atoms with Gasteiger partial charge in [0.25, 0.3) is 0 Å². The van der Waals surface area contributed by atoms with E-state index in [2.05, 4.69) is 10.6 Å². The third kappa shape index (κ3) is 4.84. The summed E-state index contributed by atoms with van der Waals surface area (Å²) >= 11 is 5.86. The average molecular weight is 339 g/mol. The third-order valence-corrected chi connectivity index (χ3v) is 3.46. The summed E-state index contributed by atoms with van der Waals surface area (Å²) in [6.07, 6.45) is -0.880. The molecule has 3 N–H and O–H groups in total. The number of carbonyl (C=O) groups is 1. The summed E-state index contributed by atoms with van der Waals surface area (Å²) in [6.45, 7) is -0.00883. The molecule has 5 nitrogen and oxygen atoms in total. The van der Waals surface area contributed by atoms with Gasteiger partial charge in [-0.05, 0) is 35.9 Å². The van der Waals surface area contributed by atoms with Crippen LogP contribution < -0.4 is 15.4 Å². The van der Waals surface area contributed by atoms with Gasteiger partial charge in [-0.1, -0.05) is 23.7 Å². The Hall–Kier alpha value is -2.31. The molecule has 0 radical (unpaired) electrons. The maximum absolute atomic E-state index is 13.1. The molecule has 0 aliphatic rings. The second kappa shape index (κ2) is 7.80. The van der Waals surface area contributed by atoms with E-state index in [1.165, 1.54) is 12.1 Å². The lowest BCUT2D eigenvalue weighted by Gasteiger charge is -2.14. The number of methoxy groups -OCH3 is 1. The lowest BCUT2D eigenvalue weighted by molar-refractivity contribution is 0.175. The molecule has 122 valence electrons. The highest BCUT2D eigenvalue weighted by Gasteiger charge is 2.11. The molecule has 1 atom stereocenters. The molecule has 0 fully saturated rings. The summed E-state index contributed by atoms with van der Waals surface area (Å²) in [5.41, 5.74) is 0.790. The van der Waals surface area contributed by atoms with E-state index in [9.17, 15) is 14.3 Å². The molecule has 0 aliphatic heterocycles. The van der Waals surface area contributed by atoms with Crippen molar-refractivity contribution in [2.45, 2.75) is 6.10 Å². The number of anilines is 1. The van der Waals surface area contributed by atoms with Crippen LogP contribution in [-0.4, -0.2) is 24.8 Å². The molecule has 23 heavy (non-hydrogen) atoms. The minimum absolute atomic E-state index is 0.00883. The van der Waals surface area contributed by atoms with E-state index in [0.29, 0.717) is 11.3 Å². The fourth-order valence-corrected chi connectivity index (χ4v) is 2.06. The predicted octanol–water partition coefficient (Wildman–Crippen LogP) is 3.34. The fraction of sp³-hybridized carbons (Fsp3) is 0.188. The van der Waals surface area contributed by atoms with Gasteiger partial charge in [-0.3, -0.25) is 0 Å². The summed E-state index contributed by atoms with van der Waals surface area (Å²) < 4.78 is 18.1. The Morgan fingerprint density at radius 1 is 1.30 bits per heavy atom. The van der Waals surface area contributed by atoms with Crippen LogP contribution >= 0.6 is 11.6 Å². The average Bonchev–Trinajstić information content (AvgIpc) is 2.56. The Labute approximate surface area is 138 Å². The molecule has 2 aromatic rings. The summed E-state index contributed by atoms with van der Waals surface area (Å²) in [5.74, 6) is 0.162. The number of hydrogen-bond acceptors (Lipinski definition) is 3. The van der Waals surface area contributed by atoms with Crippen molar-refractivity contribution in [2.75, 3.05) is 19.0 Å². The molecule has 2 aromatic carbocycles. The monoisotopic (exact) mass is 338 g/mol. The lowest BCUT2D eigenvalue weighted by atomic mass is 10.1. The van der Waals surface area contributed by atoms with Crippen LogP contribution in [0.15, 0.2) is 42.5 Å². The van der Waals surface area contributed by atoms with E-state index in [4.69, 9.17) is 16.3 Å². The summed E-state index contributed by atoms with van der Waals surface area (Å²) in [7, 11) is 1.55. The van der Waals surface area contributed by atoms with E-state index >= 15 is 0 Å². The molecule has 0 saturated heterocycles. The van der Waals surface area contributed by atoms with E-state index in [-0.39, 0.29) is 17.3 Å². The van der Waals surface area contributed by atoms with Crippen LogP contribution in [-0.2, 0) is 0 Å². The molecular weight excluding hydrogens is 323 g/mol. The van der Waals surface area contributed by atoms with Gasteiger partial charge in [0.1, 0.15) is 11.6 Å². The van der Waals surface area contributed by atoms with Gasteiger partial charge in [0.15, 0.2) is 0 Å². The molecule has 1 unspecified atom stereocenters. The standard InChI is InChI=1S/C16H16ClFN2O3/c1-23-12-5-2-10(3-6-12)15(21)9-19-16(22)20-14-8-11(18)4-7-13(14)17/h2-8,15,21H,9H2,1H3,(H2,19,20,22). The van der Waals surface area contributed by atoms with Gasteiger partial charge in [0.2, 0.25) is 0 Å². The normalized spacial score (nSPS) is 11.7. The van der Waals surface area contributed by atoms with Gasteiger partial charge < -0.3 is 20.5 Å². The highest BCUT2D eigenvalue weighted by Crippen LogP contribution is 2.22. The van der Waals surface area contributed by atoms with Crippen LogP contribution in [0.5, 0.6) is 5.75 Å². The van der Waals surface area contributed by atoms with E-state index in [1.807, 2.05) is 0 Å². The van der Waals surface area contributed by atoms with Crippen LogP contribution in [0.4, 0.5) is 14.9 Å². The van der Waals surface area contributed by atoms with Gasteiger partial charge in [-0.25, -0.2) is 9.18 Å². The number of amides is 2. The predicted molar refractivity (Wildman–Crippen MR) is 86.4 cm³/mol. The highest BCUT2D eigenvalue weighted by atomic mass is 35.5. The largest absolute Gasteiger partial charge is 0.497 e. The number of hydrogen-bond donors (Lipinski definition) is 3. The van der Waals surface area contributed by atoms with Gasteiger partial charge in [0.05, 0.1) is 23.9 Å². The van der Waals surface area contributed by atoms with Crippen molar-refractivity contribution < 1.29 is 19.0 Å². The first-order valence-corrected chi connectivity index (χ1v) is 7.19. The Balaban J connectivity index is 1.89. The second-order valence-electron chi connectivity index (χ2n) is 4.75. The SMILES string of the molecule is COc1ccc(C(O)CNC(=O)Nc2cc(F)ccc2Cl)cc1. The molecular formula is C16H16ClFN2O3. The van der Waals surface area contributed by atoms with Crippen LogP contribution in [0.1, 0.15) is 11.7 Å². The Bertz CT molecular complexity index is 680. The Kier molecular flexibility index (Phi) is 5.78. The fourth-order valence-electron chi connectivity index (χ4n) is 1.89. The van der Waals surface area contributed by atoms with Crippen LogP contribution in [0.25, 0.3) is 0 Å². The molecule has 2 rings (SSSR count). The van der Waals surface area contributed by atoms with E-state index < -0.39 is 18.0 Å². The minimum atomic E-state index is -0.880. The van der Waals surface area contributed by atoms with Gasteiger partial charge in [-0.2, -0.15) is 0 Å². The first kappa shape index (κ1) is 17.1. The van der Waals surface area contributed by atoms with Crippen LogP contribution in [0, 0.1) is 5.82 Å². The van der Waals surface area contributed by atoms with Gasteiger partial charge >= 0.3 is 6.03 Å². The van der Waals surface area contributed by atoms with Crippen LogP contribution in [0.3, 0.4) is 0 Å². The number of rotatable bonds is 5. The highest BCUT2D eigenvalue weighted by molar-refractivity contribution is 6.33. The Morgan fingerprint density at radius 2 is 2.00 bits per heavy atom. The molecule has 0 bridgehead atoms. The molecule has 0 heterocycles. The number of aliphatic hydroxyl groups excluding tert-OH is 1. The number of nitrogens with one attached hydrogen (secondary N) is 2. The van der Waals surface area contributed by atoms with Crippen molar-refractivity contribution >= 4 is 23.3 Å². The van der Waals surface area contributed by atoms with Gasteiger partial charge in [0, 0.05) is 6.54 Å². The smallest absolute Gasteiger partial charge is 0.319 e. The number of urea groups is 1. The number of benzene rings is 2. The Morgan fingerprint density at radius 3 is 2.65 bits per heavy atom. The van der Waals surface area contributed by atoms with E-state index in [0.717, 1.165) is 6.07 Å². The third-order valence-electron chi connectivity index (χ3n) is 3.13. The minimum Gasteiger partial charge on any atom is -0.497 e. The number of aliphatic hydroxyl groups is 1. The van der Waals surface area contributed by atoms with Crippen molar-refractivity contribution in [2.24, 2.45) is 0 Å². The summed E-state index contributed by atoms with van der Waals surface area (Å²) in [4.78, 5) is 11.8. The number of ether oxygens (including phenoxy) is 1. The van der Waals surface area contributed by atoms with Crippen molar-refractivity contribution in [1.82, 2.24) is 5.32 Å². The number of halogens is 2. The first-order chi connectivity index (χ1) is 11.0. The lowest BCUT2D eigenvalue weighted by Crippen LogP contribution is -2.32.